The van der Waals surface area contributed by atoms with E-state index >= 15 is 0 Å². The maximum Gasteiger partial charge on any atom is 0.0421 e. The molecule has 0 aliphatic rings. The van der Waals surface area contributed by atoms with Gasteiger partial charge in [-0.15, -0.1) is 13.2 Å². The average Bonchev–Trinajstić information content (AvgIpc) is 2.37. The van der Waals surface area contributed by atoms with Crippen LogP contribution in [-0.4, -0.2) is 43.6 Å². The molecule has 0 aromatic carbocycles. The van der Waals surface area contributed by atoms with E-state index in [1.54, 1.807) is 0 Å². The Bertz CT molecular complexity index is 428. The van der Waals surface area contributed by atoms with Crippen LogP contribution in [0.15, 0.2) is 25.3 Å². The van der Waals surface area contributed by atoms with Crippen LogP contribution in [0.25, 0.3) is 0 Å². The molecule has 0 amide bonds. The summed E-state index contributed by atoms with van der Waals surface area (Å²) in [5.74, 6) is 0. The van der Waals surface area contributed by atoms with E-state index in [4.69, 9.17) is 0 Å². The summed E-state index contributed by atoms with van der Waals surface area (Å²) in [5.41, 5.74) is 0. The van der Waals surface area contributed by atoms with Gasteiger partial charge in [-0.25, -0.2) is 0 Å². The van der Waals surface area contributed by atoms with Crippen molar-refractivity contribution in [2.24, 2.45) is 0 Å². The van der Waals surface area contributed by atoms with Crippen LogP contribution >= 0.6 is 0 Å². The summed E-state index contributed by atoms with van der Waals surface area (Å²) in [6.45, 7) is 41.4. The maximum absolute atomic E-state index is 4.10. The summed E-state index contributed by atoms with van der Waals surface area (Å²) in [7, 11) is -7.35. The summed E-state index contributed by atoms with van der Waals surface area (Å²) >= 11 is 0. The molecule has 0 fully saturated rings. The Hall–Kier alpha value is 0.781. The summed E-state index contributed by atoms with van der Waals surface area (Å²) in [6.07, 6.45) is 4.47. The minimum Gasteiger partial charge on any atom is -0.103 e. The normalized spacial score (nSPS) is 15.3. The predicted octanol–water partition coefficient (Wildman–Crippen LogP) is 7.00. The fourth-order valence-electron chi connectivity index (χ4n) is 4.49. The van der Waals surface area contributed by atoms with Gasteiger partial charge in [0.15, 0.2) is 0 Å². The van der Waals surface area contributed by atoms with E-state index in [-0.39, 0.29) is 0 Å². The molecule has 0 aromatic rings. The van der Waals surface area contributed by atoms with Crippen molar-refractivity contribution in [3.05, 3.63) is 25.3 Å². The van der Waals surface area contributed by atoms with Crippen molar-refractivity contribution >= 4 is 43.6 Å². The second-order valence-corrected chi connectivity index (χ2v) is 76.7. The molecule has 24 heavy (non-hydrogen) atoms. The molecule has 142 valence electrons. The average molecular weight is 431 g/mol. The largest absolute Gasteiger partial charge is 0.103 e. The first-order valence-corrected chi connectivity index (χ1v) is 33.0. The third-order valence-corrected chi connectivity index (χ3v) is 130. The molecule has 0 heterocycles. The van der Waals surface area contributed by atoms with Gasteiger partial charge in [0, 0.05) is 43.6 Å². The Morgan fingerprint density at radius 3 is 0.833 bits per heavy atom. The fraction of sp³-hybridized carbons (Fsp3) is 0.778. The molecule has 0 aliphatic carbocycles. The predicted molar refractivity (Wildman–Crippen MR) is 135 cm³/mol. The molecule has 0 aliphatic heterocycles. The molecule has 0 atom stereocenters. The van der Waals surface area contributed by atoms with Crippen LogP contribution in [0.5, 0.6) is 0 Å². The zero-order valence-corrected chi connectivity index (χ0v) is 25.0. The van der Waals surface area contributed by atoms with Crippen molar-refractivity contribution in [1.29, 1.82) is 0 Å². The lowest BCUT2D eigenvalue weighted by atomic mass is 10.8. The van der Waals surface area contributed by atoms with E-state index in [1.807, 2.05) is 0 Å². The molecule has 0 radical (unpaired) electrons. The second kappa shape index (κ2) is 7.42. The van der Waals surface area contributed by atoms with Crippen LogP contribution in [0, 0.1) is 0 Å². The summed E-state index contributed by atoms with van der Waals surface area (Å²) in [5, 5.41) is 0. The summed E-state index contributed by atoms with van der Waals surface area (Å²) in [6, 6.07) is 2.64. The van der Waals surface area contributed by atoms with E-state index in [0.29, 0.717) is 0 Å². The Labute approximate surface area is 159 Å². The van der Waals surface area contributed by atoms with Gasteiger partial charge in [-0.05, 0) is 12.1 Å². The van der Waals surface area contributed by atoms with Crippen LogP contribution in [0.4, 0.5) is 0 Å². The van der Waals surface area contributed by atoms with Crippen LogP contribution in [-0.2, 0) is 0 Å². The van der Waals surface area contributed by atoms with Crippen LogP contribution in [0.3, 0.4) is 0 Å². The molecule has 0 bridgehead atoms. The Morgan fingerprint density at radius 2 is 0.667 bits per heavy atom. The zero-order valence-electron chi connectivity index (χ0n) is 19.0. The first-order chi connectivity index (χ1) is 10.4. The molecule has 0 rings (SSSR count). The standard InChI is InChI=1S/C18H46Si6/c1-15-17-19(3,4)21(7,8)23(11,12)24(13,14)22(9,10)20(5,6)18-16-2/h15-16H,1-2,17-18H2,3-14H3. The number of allylic oxidation sites excluding steroid dienone is 2. The fourth-order valence-corrected chi connectivity index (χ4v) is 156. The van der Waals surface area contributed by atoms with E-state index in [9.17, 15) is 0 Å². The minimum absolute atomic E-state index is 1.20. The Kier molecular flexibility index (Phi) is 7.66. The number of hydrogen-bond donors (Lipinski definition) is 0. The molecule has 0 N–H and O–H groups in total. The quantitative estimate of drug-likeness (QED) is 0.273. The SMILES string of the molecule is C=CC[Si](C)(C)[Si](C)(C)[Si](C)(C)[Si](C)(C)[Si](C)(C)[Si](C)(C)CC=C. The van der Waals surface area contributed by atoms with Crippen LogP contribution < -0.4 is 0 Å². The van der Waals surface area contributed by atoms with Gasteiger partial charge in [-0.2, -0.15) is 0 Å². The molecular formula is C18H46Si6. The summed E-state index contributed by atoms with van der Waals surface area (Å²) in [4.78, 5) is 0. The molecule has 0 unspecified atom stereocenters. The molecular weight excluding hydrogens is 385 g/mol. The maximum atomic E-state index is 4.10. The highest BCUT2D eigenvalue weighted by Crippen LogP contribution is 2.43. The van der Waals surface area contributed by atoms with Gasteiger partial charge in [0.2, 0.25) is 0 Å². The molecule has 6 heteroatoms. The van der Waals surface area contributed by atoms with E-state index in [1.165, 1.54) is 12.1 Å². The topological polar surface area (TPSA) is 0 Å². The van der Waals surface area contributed by atoms with Gasteiger partial charge in [0.25, 0.3) is 0 Å². The lowest BCUT2D eigenvalue weighted by Crippen LogP contribution is -2.88. The molecule has 0 saturated heterocycles. The van der Waals surface area contributed by atoms with Crippen molar-refractivity contribution < 1.29 is 0 Å². The van der Waals surface area contributed by atoms with Gasteiger partial charge in [-0.3, -0.25) is 0 Å². The first-order valence-electron chi connectivity index (χ1n) is 9.59. The second-order valence-electron chi connectivity index (χ2n) is 11.3. The van der Waals surface area contributed by atoms with Crippen molar-refractivity contribution in [3.63, 3.8) is 0 Å². The third-order valence-electron chi connectivity index (χ3n) is 9.38. The van der Waals surface area contributed by atoms with Gasteiger partial charge < -0.3 is 0 Å². The minimum atomic E-state index is -1.25. The first kappa shape index (κ1) is 24.8. The molecule has 0 saturated carbocycles. The highest BCUT2D eigenvalue weighted by atomic mass is 30.0. The van der Waals surface area contributed by atoms with Crippen molar-refractivity contribution in [1.82, 2.24) is 0 Å². The van der Waals surface area contributed by atoms with Gasteiger partial charge in [0.1, 0.15) is 0 Å². The van der Waals surface area contributed by atoms with Crippen molar-refractivity contribution in [2.45, 2.75) is 90.7 Å². The lowest BCUT2D eigenvalue weighted by Gasteiger charge is -2.62. The lowest BCUT2D eigenvalue weighted by molar-refractivity contribution is 1.56. The number of rotatable bonds is 9. The van der Waals surface area contributed by atoms with Crippen LogP contribution in [0.2, 0.25) is 90.7 Å². The van der Waals surface area contributed by atoms with Crippen molar-refractivity contribution in [2.75, 3.05) is 0 Å². The third kappa shape index (κ3) is 3.74. The van der Waals surface area contributed by atoms with Gasteiger partial charge in [-0.1, -0.05) is 90.7 Å². The van der Waals surface area contributed by atoms with Crippen molar-refractivity contribution in [3.8, 4) is 0 Å². The number of hydrogen-bond acceptors (Lipinski definition) is 0. The molecule has 0 aromatic heterocycles. The molecule has 0 nitrogen and oxygen atoms in total. The van der Waals surface area contributed by atoms with E-state index in [0.717, 1.165) is 0 Å². The monoisotopic (exact) mass is 430 g/mol. The molecule has 0 spiro atoms. The van der Waals surface area contributed by atoms with Gasteiger partial charge in [0.05, 0.1) is 0 Å². The smallest absolute Gasteiger partial charge is 0.0421 e. The highest BCUT2D eigenvalue weighted by molar-refractivity contribution is 7.97. The summed E-state index contributed by atoms with van der Waals surface area (Å²) < 4.78 is 0. The Morgan fingerprint density at radius 1 is 0.458 bits per heavy atom. The highest BCUT2D eigenvalue weighted by Gasteiger charge is 2.65. The zero-order chi connectivity index (χ0) is 19.8. The Balaban J connectivity index is 6.25. The van der Waals surface area contributed by atoms with E-state index in [2.05, 4.69) is 104 Å². The van der Waals surface area contributed by atoms with Crippen LogP contribution in [0.1, 0.15) is 0 Å². The van der Waals surface area contributed by atoms with E-state index < -0.39 is 43.6 Å². The van der Waals surface area contributed by atoms with Gasteiger partial charge >= 0.3 is 0 Å².